The Labute approximate surface area is 168 Å². The quantitative estimate of drug-likeness (QED) is 0.759. The number of amides is 2. The average molecular weight is 391 g/mol. The first-order chi connectivity index (χ1) is 13.1. The number of aryl methyl sites for hydroxylation is 1. The molecule has 1 unspecified atom stereocenters. The van der Waals surface area contributed by atoms with E-state index in [4.69, 9.17) is 9.47 Å². The minimum absolute atomic E-state index is 0.0377. The fraction of sp³-hybridized carbons (Fsp3) is 0.636. The Hall–Kier alpha value is -2.24. The molecule has 0 N–H and O–H groups in total. The topological polar surface area (TPSA) is 59.1 Å². The van der Waals surface area contributed by atoms with Crippen molar-refractivity contribution in [1.82, 2.24) is 9.80 Å². The van der Waals surface area contributed by atoms with E-state index in [1.807, 2.05) is 57.7 Å². The second-order valence-corrected chi connectivity index (χ2v) is 8.53. The van der Waals surface area contributed by atoms with Gasteiger partial charge in [-0.1, -0.05) is 0 Å². The average Bonchev–Trinajstić information content (AvgIpc) is 2.61. The van der Waals surface area contributed by atoms with Gasteiger partial charge < -0.3 is 19.3 Å². The molecule has 2 rings (SSSR count). The van der Waals surface area contributed by atoms with Crippen molar-refractivity contribution < 1.29 is 19.1 Å². The van der Waals surface area contributed by atoms with E-state index in [1.54, 1.807) is 11.9 Å². The summed E-state index contributed by atoms with van der Waals surface area (Å²) >= 11 is 0. The lowest BCUT2D eigenvalue weighted by molar-refractivity contribution is 0.0244. The van der Waals surface area contributed by atoms with Gasteiger partial charge in [0.2, 0.25) is 0 Å². The molecule has 1 saturated heterocycles. The van der Waals surface area contributed by atoms with Crippen molar-refractivity contribution in [3.8, 4) is 5.75 Å². The van der Waals surface area contributed by atoms with E-state index >= 15 is 0 Å². The third kappa shape index (κ3) is 6.14. The fourth-order valence-electron chi connectivity index (χ4n) is 3.48. The first kappa shape index (κ1) is 22.1. The standard InChI is InChI=1S/C22H34N2O4/c1-7-27-19-11-10-18(13-16(19)2)20(25)24-12-8-9-17(15-24)14-23(6)21(26)28-22(3,4)5/h10-11,13,17H,7-9,12,14-15H2,1-6H3. The van der Waals surface area contributed by atoms with Gasteiger partial charge in [0, 0.05) is 32.2 Å². The molecule has 1 heterocycles. The first-order valence-electron chi connectivity index (χ1n) is 10.1. The van der Waals surface area contributed by atoms with Gasteiger partial charge >= 0.3 is 6.09 Å². The number of hydrogen-bond donors (Lipinski definition) is 0. The molecule has 1 atom stereocenters. The molecule has 1 aliphatic rings. The van der Waals surface area contributed by atoms with E-state index in [-0.39, 0.29) is 17.9 Å². The summed E-state index contributed by atoms with van der Waals surface area (Å²) in [6.07, 6.45) is 1.62. The maximum atomic E-state index is 13.0. The van der Waals surface area contributed by atoms with Gasteiger partial charge in [-0.3, -0.25) is 4.79 Å². The Morgan fingerprint density at radius 3 is 2.61 bits per heavy atom. The van der Waals surface area contributed by atoms with Crippen molar-refractivity contribution in [3.05, 3.63) is 29.3 Å². The number of nitrogens with zero attached hydrogens (tertiary/aromatic N) is 2. The summed E-state index contributed by atoms with van der Waals surface area (Å²) < 4.78 is 11.0. The Morgan fingerprint density at radius 1 is 1.29 bits per heavy atom. The number of carbonyl (C=O) groups excluding carboxylic acids is 2. The maximum Gasteiger partial charge on any atom is 0.410 e. The predicted molar refractivity (Wildman–Crippen MR) is 110 cm³/mol. The van der Waals surface area contributed by atoms with Crippen molar-refractivity contribution in [2.45, 2.75) is 53.1 Å². The largest absolute Gasteiger partial charge is 0.494 e. The van der Waals surface area contributed by atoms with Crippen LogP contribution in [0, 0.1) is 12.8 Å². The zero-order chi connectivity index (χ0) is 20.9. The van der Waals surface area contributed by atoms with Gasteiger partial charge in [0.25, 0.3) is 5.91 Å². The van der Waals surface area contributed by atoms with Crippen LogP contribution in [0.1, 0.15) is 56.5 Å². The van der Waals surface area contributed by atoms with Crippen molar-refractivity contribution in [2.75, 3.05) is 33.3 Å². The summed E-state index contributed by atoms with van der Waals surface area (Å²) in [6, 6.07) is 5.59. The highest BCUT2D eigenvalue weighted by Gasteiger charge is 2.28. The highest BCUT2D eigenvalue weighted by molar-refractivity contribution is 5.94. The zero-order valence-electron chi connectivity index (χ0n) is 18.1. The van der Waals surface area contributed by atoms with Gasteiger partial charge in [0.15, 0.2) is 0 Å². The first-order valence-corrected chi connectivity index (χ1v) is 10.1. The number of likely N-dealkylation sites (tertiary alicyclic amines) is 1. The van der Waals surface area contributed by atoms with Gasteiger partial charge in [-0.15, -0.1) is 0 Å². The Morgan fingerprint density at radius 2 is 2.00 bits per heavy atom. The highest BCUT2D eigenvalue weighted by Crippen LogP contribution is 2.23. The molecule has 2 amide bonds. The van der Waals surface area contributed by atoms with E-state index in [0.717, 1.165) is 30.7 Å². The molecule has 0 aromatic heterocycles. The molecule has 0 bridgehead atoms. The number of hydrogen-bond acceptors (Lipinski definition) is 4. The van der Waals surface area contributed by atoms with E-state index in [1.165, 1.54) is 0 Å². The van der Waals surface area contributed by atoms with Crippen LogP contribution in [0.4, 0.5) is 4.79 Å². The van der Waals surface area contributed by atoms with E-state index in [9.17, 15) is 9.59 Å². The fourth-order valence-corrected chi connectivity index (χ4v) is 3.48. The van der Waals surface area contributed by atoms with Crippen LogP contribution in [0.25, 0.3) is 0 Å². The van der Waals surface area contributed by atoms with Gasteiger partial charge in [-0.2, -0.15) is 0 Å². The van der Waals surface area contributed by atoms with Crippen LogP contribution in [0.2, 0.25) is 0 Å². The van der Waals surface area contributed by atoms with Crippen molar-refractivity contribution in [2.24, 2.45) is 5.92 Å². The summed E-state index contributed by atoms with van der Waals surface area (Å²) in [4.78, 5) is 28.7. The second-order valence-electron chi connectivity index (χ2n) is 8.53. The van der Waals surface area contributed by atoms with E-state index in [2.05, 4.69) is 0 Å². The lowest BCUT2D eigenvalue weighted by atomic mass is 9.96. The van der Waals surface area contributed by atoms with Crippen molar-refractivity contribution in [3.63, 3.8) is 0 Å². The number of ether oxygens (including phenoxy) is 2. The molecule has 1 aromatic rings. The van der Waals surface area contributed by atoms with Gasteiger partial charge in [0.05, 0.1) is 6.61 Å². The van der Waals surface area contributed by atoms with Gasteiger partial charge in [-0.05, 0) is 77.1 Å². The predicted octanol–water partition coefficient (Wildman–Crippen LogP) is 4.11. The molecular formula is C22H34N2O4. The zero-order valence-corrected chi connectivity index (χ0v) is 18.1. The van der Waals surface area contributed by atoms with Crippen LogP contribution in [-0.2, 0) is 4.74 Å². The number of carbonyl (C=O) groups is 2. The summed E-state index contributed by atoms with van der Waals surface area (Å²) in [7, 11) is 1.75. The van der Waals surface area contributed by atoms with Crippen LogP contribution in [0.15, 0.2) is 18.2 Å². The summed E-state index contributed by atoms with van der Waals surface area (Å²) in [6.45, 7) is 12.1. The molecule has 156 valence electrons. The van der Waals surface area contributed by atoms with Crippen LogP contribution in [0.3, 0.4) is 0 Å². The van der Waals surface area contributed by atoms with Crippen LogP contribution in [0.5, 0.6) is 5.75 Å². The summed E-state index contributed by atoms with van der Waals surface area (Å²) in [5.41, 5.74) is 1.14. The summed E-state index contributed by atoms with van der Waals surface area (Å²) in [5, 5.41) is 0. The molecule has 1 aromatic carbocycles. The number of benzene rings is 1. The third-order valence-electron chi connectivity index (χ3n) is 4.77. The SMILES string of the molecule is CCOc1ccc(C(=O)N2CCCC(CN(C)C(=O)OC(C)(C)C)C2)cc1C. The molecule has 1 aliphatic heterocycles. The molecule has 0 spiro atoms. The molecule has 6 heteroatoms. The minimum atomic E-state index is -0.509. The monoisotopic (exact) mass is 390 g/mol. The van der Waals surface area contributed by atoms with Crippen molar-refractivity contribution >= 4 is 12.0 Å². The Bertz CT molecular complexity index is 696. The van der Waals surface area contributed by atoms with Gasteiger partial charge in [0.1, 0.15) is 11.4 Å². The third-order valence-corrected chi connectivity index (χ3v) is 4.77. The van der Waals surface area contributed by atoms with E-state index in [0.29, 0.717) is 25.3 Å². The van der Waals surface area contributed by atoms with Crippen molar-refractivity contribution in [1.29, 1.82) is 0 Å². The number of piperidine rings is 1. The molecular weight excluding hydrogens is 356 g/mol. The van der Waals surface area contributed by atoms with E-state index < -0.39 is 5.60 Å². The molecule has 6 nitrogen and oxygen atoms in total. The molecule has 0 saturated carbocycles. The summed E-state index contributed by atoms with van der Waals surface area (Å²) in [5.74, 6) is 1.10. The second kappa shape index (κ2) is 9.30. The Kier molecular flexibility index (Phi) is 7.33. The molecule has 0 radical (unpaired) electrons. The molecule has 0 aliphatic carbocycles. The highest BCUT2D eigenvalue weighted by atomic mass is 16.6. The lowest BCUT2D eigenvalue weighted by Crippen LogP contribution is -2.45. The van der Waals surface area contributed by atoms with Crippen LogP contribution < -0.4 is 4.74 Å². The smallest absolute Gasteiger partial charge is 0.410 e. The minimum Gasteiger partial charge on any atom is -0.494 e. The Balaban J connectivity index is 1.98. The molecule has 1 fully saturated rings. The number of rotatable bonds is 5. The lowest BCUT2D eigenvalue weighted by Gasteiger charge is -2.35. The van der Waals surface area contributed by atoms with Crippen LogP contribution >= 0.6 is 0 Å². The van der Waals surface area contributed by atoms with Gasteiger partial charge in [-0.25, -0.2) is 4.79 Å². The van der Waals surface area contributed by atoms with Crippen LogP contribution in [-0.4, -0.2) is 60.7 Å². The normalized spacial score (nSPS) is 17.2. The molecule has 28 heavy (non-hydrogen) atoms. The maximum absolute atomic E-state index is 13.0.